The van der Waals surface area contributed by atoms with Gasteiger partial charge in [-0.05, 0) is 73.1 Å². The Morgan fingerprint density at radius 1 is 1.10 bits per heavy atom. The molecule has 0 aromatic heterocycles. The molecule has 0 atom stereocenters. The first-order valence-electron chi connectivity index (χ1n) is 8.48. The van der Waals surface area contributed by atoms with Crippen molar-refractivity contribution in [2.24, 2.45) is 11.3 Å². The minimum Gasteiger partial charge on any atom is -0.316 e. The molecule has 1 nitrogen and oxygen atoms in total. The molecule has 0 unspecified atom stereocenters. The summed E-state index contributed by atoms with van der Waals surface area (Å²) in [6, 6.07) is 7.29. The highest BCUT2D eigenvalue weighted by Gasteiger charge is 2.36. The lowest BCUT2D eigenvalue weighted by Crippen LogP contribution is -2.42. The van der Waals surface area contributed by atoms with Gasteiger partial charge in [0.05, 0.1) is 0 Å². The van der Waals surface area contributed by atoms with Crippen molar-refractivity contribution in [3.8, 4) is 0 Å². The van der Waals surface area contributed by atoms with Gasteiger partial charge in [0.1, 0.15) is 0 Å². The van der Waals surface area contributed by atoms with E-state index in [4.69, 9.17) is 0 Å². The van der Waals surface area contributed by atoms with Crippen molar-refractivity contribution in [2.75, 3.05) is 13.1 Å². The Morgan fingerprint density at radius 2 is 1.90 bits per heavy atom. The number of rotatable bonds is 6. The summed E-state index contributed by atoms with van der Waals surface area (Å²) in [6.45, 7) is 6.95. The van der Waals surface area contributed by atoms with Crippen LogP contribution in [0.15, 0.2) is 18.2 Å². The highest BCUT2D eigenvalue weighted by atomic mass is 14.9. The largest absolute Gasteiger partial charge is 0.316 e. The van der Waals surface area contributed by atoms with Crippen molar-refractivity contribution in [1.82, 2.24) is 5.32 Å². The number of benzene rings is 1. The molecule has 0 amide bonds. The fourth-order valence-electron chi connectivity index (χ4n) is 3.89. The summed E-state index contributed by atoms with van der Waals surface area (Å²) in [5, 5.41) is 3.70. The van der Waals surface area contributed by atoms with Crippen LogP contribution < -0.4 is 5.32 Å². The van der Waals surface area contributed by atoms with Crippen LogP contribution in [0, 0.1) is 11.3 Å². The molecular formula is C19H29N. The van der Waals surface area contributed by atoms with Crippen LogP contribution in [0.5, 0.6) is 0 Å². The van der Waals surface area contributed by atoms with Gasteiger partial charge >= 0.3 is 0 Å². The van der Waals surface area contributed by atoms with Crippen LogP contribution in [0.1, 0.15) is 56.2 Å². The number of hydrogen-bond acceptors (Lipinski definition) is 1. The van der Waals surface area contributed by atoms with Gasteiger partial charge in [0.15, 0.2) is 0 Å². The second-order valence-electron chi connectivity index (χ2n) is 7.51. The Hall–Kier alpha value is -0.820. The average molecular weight is 271 g/mol. The Kier molecular flexibility index (Phi) is 4.16. The molecule has 1 heteroatoms. The second-order valence-corrected chi connectivity index (χ2v) is 7.51. The molecule has 2 aliphatic carbocycles. The normalized spacial score (nSPS) is 19.9. The van der Waals surface area contributed by atoms with Crippen molar-refractivity contribution in [3.63, 3.8) is 0 Å². The van der Waals surface area contributed by atoms with E-state index >= 15 is 0 Å². The molecule has 1 fully saturated rings. The predicted molar refractivity (Wildman–Crippen MR) is 86.2 cm³/mol. The first-order valence-corrected chi connectivity index (χ1v) is 8.48. The summed E-state index contributed by atoms with van der Waals surface area (Å²) in [5.74, 6) is 0.757. The Balaban J connectivity index is 1.62. The van der Waals surface area contributed by atoms with Crippen LogP contribution in [-0.2, 0) is 19.3 Å². The smallest absolute Gasteiger partial charge is 0.00111 e. The zero-order chi connectivity index (χ0) is 14.0. The summed E-state index contributed by atoms with van der Waals surface area (Å²) in [7, 11) is 0. The molecule has 0 saturated heterocycles. The first kappa shape index (κ1) is 14.1. The van der Waals surface area contributed by atoms with Crippen LogP contribution in [-0.4, -0.2) is 13.1 Å². The summed E-state index contributed by atoms with van der Waals surface area (Å²) < 4.78 is 0. The van der Waals surface area contributed by atoms with Crippen molar-refractivity contribution in [1.29, 1.82) is 0 Å². The minimum absolute atomic E-state index is 0.557. The van der Waals surface area contributed by atoms with Crippen molar-refractivity contribution in [3.05, 3.63) is 34.9 Å². The molecule has 0 heterocycles. The molecule has 1 N–H and O–H groups in total. The summed E-state index contributed by atoms with van der Waals surface area (Å²) in [5.41, 5.74) is 5.38. The van der Waals surface area contributed by atoms with Crippen LogP contribution in [0.4, 0.5) is 0 Å². The zero-order valence-electron chi connectivity index (χ0n) is 13.2. The van der Waals surface area contributed by atoms with Gasteiger partial charge < -0.3 is 5.32 Å². The van der Waals surface area contributed by atoms with E-state index in [1.807, 2.05) is 0 Å². The van der Waals surface area contributed by atoms with Gasteiger partial charge in [0, 0.05) is 6.54 Å². The van der Waals surface area contributed by atoms with Gasteiger partial charge in [-0.2, -0.15) is 0 Å². The van der Waals surface area contributed by atoms with Crippen molar-refractivity contribution < 1.29 is 0 Å². The van der Waals surface area contributed by atoms with Crippen molar-refractivity contribution >= 4 is 0 Å². The van der Waals surface area contributed by atoms with Gasteiger partial charge in [-0.1, -0.05) is 38.5 Å². The third-order valence-corrected chi connectivity index (χ3v) is 5.21. The fraction of sp³-hybridized carbons (Fsp3) is 0.684. The highest BCUT2D eigenvalue weighted by Crippen LogP contribution is 2.43. The molecule has 110 valence electrons. The maximum absolute atomic E-state index is 3.70. The van der Waals surface area contributed by atoms with Crippen molar-refractivity contribution in [2.45, 2.75) is 58.8 Å². The van der Waals surface area contributed by atoms with Crippen LogP contribution in [0.2, 0.25) is 0 Å². The zero-order valence-corrected chi connectivity index (χ0v) is 13.2. The van der Waals surface area contributed by atoms with Crippen LogP contribution in [0.25, 0.3) is 0 Å². The summed E-state index contributed by atoms with van der Waals surface area (Å²) in [6.07, 6.45) is 9.50. The van der Waals surface area contributed by atoms with Crippen LogP contribution in [0.3, 0.4) is 0 Å². The van der Waals surface area contributed by atoms with Gasteiger partial charge in [0.25, 0.3) is 0 Å². The van der Waals surface area contributed by atoms with Crippen LogP contribution >= 0.6 is 0 Å². The SMILES string of the molecule is CC(C)CNCC1(Cc2ccc3c(c2)CCC3)CCC1. The Labute approximate surface area is 124 Å². The monoisotopic (exact) mass is 271 g/mol. The van der Waals surface area contributed by atoms with Gasteiger partial charge in [0.2, 0.25) is 0 Å². The third kappa shape index (κ3) is 3.09. The quantitative estimate of drug-likeness (QED) is 0.820. The molecule has 1 saturated carbocycles. The Bertz CT molecular complexity index is 457. The summed E-state index contributed by atoms with van der Waals surface area (Å²) in [4.78, 5) is 0. The molecule has 1 aromatic carbocycles. The molecule has 2 aliphatic rings. The molecule has 3 rings (SSSR count). The van der Waals surface area contributed by atoms with E-state index in [-0.39, 0.29) is 0 Å². The van der Waals surface area contributed by atoms with E-state index in [1.165, 1.54) is 51.5 Å². The Morgan fingerprint density at radius 3 is 2.60 bits per heavy atom. The minimum atomic E-state index is 0.557. The highest BCUT2D eigenvalue weighted by molar-refractivity contribution is 5.35. The summed E-state index contributed by atoms with van der Waals surface area (Å²) >= 11 is 0. The maximum atomic E-state index is 3.70. The third-order valence-electron chi connectivity index (χ3n) is 5.21. The van der Waals surface area contributed by atoms with E-state index < -0.39 is 0 Å². The fourth-order valence-corrected chi connectivity index (χ4v) is 3.89. The maximum Gasteiger partial charge on any atom is 0.00111 e. The first-order chi connectivity index (χ1) is 9.67. The molecule has 0 aliphatic heterocycles. The molecule has 20 heavy (non-hydrogen) atoms. The number of hydrogen-bond donors (Lipinski definition) is 1. The van der Waals surface area contributed by atoms with E-state index in [0.29, 0.717) is 5.41 Å². The number of nitrogens with one attached hydrogen (secondary N) is 1. The van der Waals surface area contributed by atoms with E-state index in [9.17, 15) is 0 Å². The lowest BCUT2D eigenvalue weighted by Gasteiger charge is -2.43. The lowest BCUT2D eigenvalue weighted by atomic mass is 9.65. The molecule has 0 spiro atoms. The van der Waals surface area contributed by atoms with E-state index in [1.54, 1.807) is 16.7 Å². The lowest BCUT2D eigenvalue weighted by molar-refractivity contribution is 0.129. The predicted octanol–water partition coefficient (Wildman–Crippen LogP) is 4.13. The van der Waals surface area contributed by atoms with E-state index in [0.717, 1.165) is 12.5 Å². The molecule has 1 aromatic rings. The standard InChI is InChI=1S/C19H29N/c1-15(2)13-20-14-19(9-4-10-19)12-16-7-8-17-5-3-6-18(17)11-16/h7-8,11,15,20H,3-6,9-10,12-14H2,1-2H3. The number of aryl methyl sites for hydroxylation is 2. The van der Waals surface area contributed by atoms with Gasteiger partial charge in [-0.15, -0.1) is 0 Å². The van der Waals surface area contributed by atoms with Gasteiger partial charge in [-0.25, -0.2) is 0 Å². The topological polar surface area (TPSA) is 12.0 Å². The second kappa shape index (κ2) is 5.89. The molecular weight excluding hydrogens is 242 g/mol. The molecule has 0 bridgehead atoms. The van der Waals surface area contributed by atoms with E-state index in [2.05, 4.69) is 37.4 Å². The van der Waals surface area contributed by atoms with Gasteiger partial charge in [-0.3, -0.25) is 0 Å². The number of fused-ring (bicyclic) bond motifs is 1. The molecule has 0 radical (unpaired) electrons. The average Bonchev–Trinajstić information content (AvgIpc) is 2.82.